The summed E-state index contributed by atoms with van der Waals surface area (Å²) in [5.41, 5.74) is 1.83. The second kappa shape index (κ2) is 9.51. The predicted molar refractivity (Wildman–Crippen MR) is 117 cm³/mol. The summed E-state index contributed by atoms with van der Waals surface area (Å²) in [6.45, 7) is 4.31. The lowest BCUT2D eigenvalue weighted by Crippen LogP contribution is -2.48. The van der Waals surface area contributed by atoms with Crippen LogP contribution in [0.1, 0.15) is 25.3 Å². The maximum absolute atomic E-state index is 12.9. The summed E-state index contributed by atoms with van der Waals surface area (Å²) in [6, 6.07) is 7.31. The molecule has 8 nitrogen and oxygen atoms in total. The molecule has 2 saturated heterocycles. The number of rotatable bonds is 6. The highest BCUT2D eigenvalue weighted by atomic mass is 35.5. The van der Waals surface area contributed by atoms with Gasteiger partial charge in [0.1, 0.15) is 12.6 Å². The summed E-state index contributed by atoms with van der Waals surface area (Å²) in [7, 11) is 0. The second-order valence-electron chi connectivity index (χ2n) is 7.78. The van der Waals surface area contributed by atoms with Gasteiger partial charge in [-0.15, -0.1) is 0 Å². The van der Waals surface area contributed by atoms with Crippen molar-refractivity contribution in [1.82, 2.24) is 19.8 Å². The van der Waals surface area contributed by atoms with E-state index < -0.39 is 0 Å². The van der Waals surface area contributed by atoms with Crippen LogP contribution in [0, 0.1) is 0 Å². The summed E-state index contributed by atoms with van der Waals surface area (Å²) >= 11 is 5.93. The Morgan fingerprint density at radius 3 is 2.61 bits per heavy atom. The molecule has 0 bridgehead atoms. The molecule has 2 fully saturated rings. The fourth-order valence-corrected chi connectivity index (χ4v) is 3.98. The first-order valence-electron chi connectivity index (χ1n) is 10.6. The van der Waals surface area contributed by atoms with E-state index in [0.717, 1.165) is 30.5 Å². The molecule has 3 amide bonds. The molecule has 9 heteroatoms. The molecule has 0 aliphatic carbocycles. The highest BCUT2D eigenvalue weighted by Crippen LogP contribution is 2.23. The normalized spacial score (nSPS) is 19.1. The summed E-state index contributed by atoms with van der Waals surface area (Å²) in [5.74, 6) is -0.0677. The Hall–Kier alpha value is -2.87. The van der Waals surface area contributed by atoms with E-state index in [1.807, 2.05) is 19.1 Å². The van der Waals surface area contributed by atoms with Crippen LogP contribution < -0.4 is 9.64 Å². The van der Waals surface area contributed by atoms with Crippen molar-refractivity contribution in [3.63, 3.8) is 0 Å². The van der Waals surface area contributed by atoms with Crippen molar-refractivity contribution in [2.75, 3.05) is 37.6 Å². The zero-order chi connectivity index (χ0) is 21.8. The van der Waals surface area contributed by atoms with E-state index in [1.165, 1.54) is 0 Å². The number of aryl methyl sites for hydroxylation is 1. The third-order valence-electron chi connectivity index (χ3n) is 5.65. The van der Waals surface area contributed by atoms with Gasteiger partial charge in [0.15, 0.2) is 0 Å². The number of hydrogen-bond donors (Lipinski definition) is 0. The van der Waals surface area contributed by atoms with Gasteiger partial charge in [-0.2, -0.15) is 0 Å². The highest BCUT2D eigenvalue weighted by Gasteiger charge is 2.33. The number of hydrogen-bond acceptors (Lipinski definition) is 5. The quantitative estimate of drug-likeness (QED) is 0.685. The zero-order valence-electron chi connectivity index (χ0n) is 17.5. The minimum atomic E-state index is -0.162. The molecular formula is C22H26ClN5O3. The van der Waals surface area contributed by atoms with Crippen LogP contribution in [0.15, 0.2) is 36.7 Å². The Balaban J connectivity index is 1.31. The fraction of sp³-hybridized carbons (Fsp3) is 0.455. The van der Waals surface area contributed by atoms with E-state index in [2.05, 4.69) is 9.97 Å². The topological polar surface area (TPSA) is 78.9 Å². The number of urea groups is 1. The standard InChI is InChI=1S/C22H26ClN5O3/c1-2-16-12-24-21(25-13-16)31-19-4-3-9-26(14-19)20(29)15-27-10-11-28(22(27)30)18-7-5-17(23)6-8-18/h5-8,12-13,19H,2-4,9-11,14-15H2,1H3. The van der Waals surface area contributed by atoms with Gasteiger partial charge in [0, 0.05) is 42.7 Å². The van der Waals surface area contributed by atoms with Crippen LogP contribution in [-0.4, -0.2) is 70.5 Å². The van der Waals surface area contributed by atoms with Crippen molar-refractivity contribution in [2.24, 2.45) is 0 Å². The molecule has 2 aromatic rings. The van der Waals surface area contributed by atoms with E-state index in [0.29, 0.717) is 37.2 Å². The molecule has 1 aromatic carbocycles. The van der Waals surface area contributed by atoms with Crippen LogP contribution in [0.25, 0.3) is 0 Å². The minimum absolute atomic E-state index is 0.0668. The number of likely N-dealkylation sites (tertiary alicyclic amines) is 1. The van der Waals surface area contributed by atoms with Gasteiger partial charge < -0.3 is 14.5 Å². The molecule has 1 atom stereocenters. The summed E-state index contributed by atoms with van der Waals surface area (Å²) < 4.78 is 5.90. The van der Waals surface area contributed by atoms with Gasteiger partial charge in [-0.05, 0) is 49.1 Å². The molecule has 4 rings (SSSR count). The van der Waals surface area contributed by atoms with Gasteiger partial charge in [-0.3, -0.25) is 9.69 Å². The third kappa shape index (κ3) is 5.07. The lowest BCUT2D eigenvalue weighted by atomic mass is 10.1. The van der Waals surface area contributed by atoms with Crippen LogP contribution in [-0.2, 0) is 11.2 Å². The molecule has 1 unspecified atom stereocenters. The summed E-state index contributed by atoms with van der Waals surface area (Å²) in [5, 5.41) is 0.621. The van der Waals surface area contributed by atoms with Crippen molar-refractivity contribution >= 4 is 29.2 Å². The predicted octanol–water partition coefficient (Wildman–Crippen LogP) is 3.00. The monoisotopic (exact) mass is 443 g/mol. The van der Waals surface area contributed by atoms with Crippen molar-refractivity contribution in [3.05, 3.63) is 47.2 Å². The molecule has 3 heterocycles. The van der Waals surface area contributed by atoms with Gasteiger partial charge in [0.05, 0.1) is 6.54 Å². The largest absolute Gasteiger partial charge is 0.458 e. The number of nitrogens with zero attached hydrogens (tertiary/aromatic N) is 5. The zero-order valence-corrected chi connectivity index (χ0v) is 18.3. The van der Waals surface area contributed by atoms with Crippen LogP contribution >= 0.6 is 11.6 Å². The Kier molecular flexibility index (Phi) is 6.56. The highest BCUT2D eigenvalue weighted by molar-refractivity contribution is 6.30. The van der Waals surface area contributed by atoms with E-state index in [9.17, 15) is 9.59 Å². The van der Waals surface area contributed by atoms with Crippen LogP contribution in [0.3, 0.4) is 0 Å². The molecule has 164 valence electrons. The van der Waals surface area contributed by atoms with Crippen molar-refractivity contribution in [2.45, 2.75) is 32.3 Å². The SMILES string of the molecule is CCc1cnc(OC2CCCN(C(=O)CN3CCN(c4ccc(Cl)cc4)C3=O)C2)nc1. The van der Waals surface area contributed by atoms with Gasteiger partial charge >= 0.3 is 12.0 Å². The lowest BCUT2D eigenvalue weighted by molar-refractivity contribution is -0.134. The molecule has 0 spiro atoms. The maximum atomic E-state index is 12.9. The Bertz CT molecular complexity index is 922. The summed E-state index contributed by atoms with van der Waals surface area (Å²) in [4.78, 5) is 39.2. The Labute approximate surface area is 186 Å². The van der Waals surface area contributed by atoms with Crippen LogP contribution in [0.2, 0.25) is 5.02 Å². The summed E-state index contributed by atoms with van der Waals surface area (Å²) in [6.07, 6.45) is 5.93. The number of carbonyl (C=O) groups excluding carboxylic acids is 2. The molecule has 2 aliphatic rings. The average Bonchev–Trinajstić information content (AvgIpc) is 3.15. The van der Waals surface area contributed by atoms with Crippen molar-refractivity contribution in [1.29, 1.82) is 0 Å². The van der Waals surface area contributed by atoms with E-state index in [-0.39, 0.29) is 24.6 Å². The number of aromatic nitrogens is 2. The molecule has 0 saturated carbocycles. The number of piperidine rings is 1. The van der Waals surface area contributed by atoms with Crippen molar-refractivity contribution < 1.29 is 14.3 Å². The van der Waals surface area contributed by atoms with Gasteiger partial charge in [0.2, 0.25) is 5.91 Å². The van der Waals surface area contributed by atoms with Crippen LogP contribution in [0.5, 0.6) is 6.01 Å². The number of halogens is 1. The number of ether oxygens (including phenoxy) is 1. The minimum Gasteiger partial charge on any atom is -0.458 e. The third-order valence-corrected chi connectivity index (χ3v) is 5.90. The molecule has 0 N–H and O–H groups in total. The number of carbonyl (C=O) groups is 2. The fourth-order valence-electron chi connectivity index (χ4n) is 3.85. The van der Waals surface area contributed by atoms with E-state index in [4.69, 9.17) is 16.3 Å². The first-order chi connectivity index (χ1) is 15.0. The molecule has 2 aliphatic heterocycles. The van der Waals surface area contributed by atoms with Crippen LogP contribution in [0.4, 0.5) is 10.5 Å². The number of amides is 3. The molecule has 1 aromatic heterocycles. The van der Waals surface area contributed by atoms with E-state index >= 15 is 0 Å². The average molecular weight is 444 g/mol. The first-order valence-corrected chi connectivity index (χ1v) is 11.0. The maximum Gasteiger partial charge on any atom is 0.325 e. The van der Waals surface area contributed by atoms with Gasteiger partial charge in [-0.25, -0.2) is 14.8 Å². The van der Waals surface area contributed by atoms with Gasteiger partial charge in [0.25, 0.3) is 0 Å². The Morgan fingerprint density at radius 2 is 1.90 bits per heavy atom. The smallest absolute Gasteiger partial charge is 0.325 e. The molecular weight excluding hydrogens is 418 g/mol. The molecule has 0 radical (unpaired) electrons. The van der Waals surface area contributed by atoms with E-state index in [1.54, 1.807) is 39.2 Å². The second-order valence-corrected chi connectivity index (χ2v) is 8.22. The number of benzene rings is 1. The van der Waals surface area contributed by atoms with Crippen molar-refractivity contribution in [3.8, 4) is 6.01 Å². The number of anilines is 1. The Morgan fingerprint density at radius 1 is 1.16 bits per heavy atom. The molecule has 31 heavy (non-hydrogen) atoms. The first kappa shape index (κ1) is 21.4. The lowest BCUT2D eigenvalue weighted by Gasteiger charge is -2.33. The van der Waals surface area contributed by atoms with Gasteiger partial charge in [-0.1, -0.05) is 18.5 Å².